The smallest absolute Gasteiger partial charge is 0.240 e. The second kappa shape index (κ2) is 11.7. The first-order chi connectivity index (χ1) is 18.5. The van der Waals surface area contributed by atoms with E-state index in [0.29, 0.717) is 12.4 Å². The average molecular weight is 509 g/mol. The molecule has 0 radical (unpaired) electrons. The summed E-state index contributed by atoms with van der Waals surface area (Å²) >= 11 is 0. The zero-order valence-electron chi connectivity index (χ0n) is 22.2. The highest BCUT2D eigenvalue weighted by atomic mass is 16.1. The number of rotatable bonds is 9. The Morgan fingerprint density at radius 1 is 0.816 bits per heavy atom. The SMILES string of the molecule is CC(C)[C@H](Nc1nc(CN2CCN(Cc3ccc(-c4ccccc4)cc3)CC2)nc2ccccc12)C(N)=O. The van der Waals surface area contributed by atoms with Gasteiger partial charge in [-0.2, -0.15) is 0 Å². The van der Waals surface area contributed by atoms with Crippen LogP contribution in [-0.2, 0) is 17.9 Å². The maximum absolute atomic E-state index is 12.0. The maximum Gasteiger partial charge on any atom is 0.240 e. The average Bonchev–Trinajstić information content (AvgIpc) is 2.93. The molecule has 4 aromatic rings. The molecule has 0 bridgehead atoms. The van der Waals surface area contributed by atoms with Gasteiger partial charge in [-0.3, -0.25) is 14.6 Å². The Morgan fingerprint density at radius 2 is 1.42 bits per heavy atom. The van der Waals surface area contributed by atoms with Gasteiger partial charge in [-0.1, -0.05) is 80.6 Å². The number of benzene rings is 3. The van der Waals surface area contributed by atoms with Crippen molar-refractivity contribution in [3.63, 3.8) is 0 Å². The molecule has 1 fully saturated rings. The first-order valence-electron chi connectivity index (χ1n) is 13.4. The van der Waals surface area contributed by atoms with E-state index < -0.39 is 6.04 Å². The number of nitrogens with one attached hydrogen (secondary N) is 1. The number of primary amides is 1. The summed E-state index contributed by atoms with van der Waals surface area (Å²) in [4.78, 5) is 26.6. The topological polar surface area (TPSA) is 87.4 Å². The molecule has 1 atom stereocenters. The van der Waals surface area contributed by atoms with Gasteiger partial charge < -0.3 is 11.1 Å². The van der Waals surface area contributed by atoms with Crippen molar-refractivity contribution >= 4 is 22.6 Å². The van der Waals surface area contributed by atoms with Gasteiger partial charge >= 0.3 is 0 Å². The lowest BCUT2D eigenvalue weighted by molar-refractivity contribution is -0.119. The van der Waals surface area contributed by atoms with Crippen LogP contribution in [0.15, 0.2) is 78.9 Å². The summed E-state index contributed by atoms with van der Waals surface area (Å²) in [5.41, 5.74) is 10.4. The molecule has 3 N–H and O–H groups in total. The fraction of sp³-hybridized carbons (Fsp3) is 0.323. The van der Waals surface area contributed by atoms with Crippen LogP contribution in [0.4, 0.5) is 5.82 Å². The predicted octanol–water partition coefficient (Wildman–Crippen LogP) is 4.54. The minimum absolute atomic E-state index is 0.0484. The molecule has 7 heteroatoms. The van der Waals surface area contributed by atoms with Gasteiger partial charge in [-0.25, -0.2) is 9.97 Å². The number of piperazine rings is 1. The Labute approximate surface area is 224 Å². The molecule has 196 valence electrons. The van der Waals surface area contributed by atoms with Gasteiger partial charge in [-0.15, -0.1) is 0 Å². The number of carbonyl (C=O) groups excluding carboxylic acids is 1. The van der Waals surface area contributed by atoms with E-state index >= 15 is 0 Å². The fourth-order valence-electron chi connectivity index (χ4n) is 5.02. The third kappa shape index (κ3) is 6.18. The number of aromatic nitrogens is 2. The van der Waals surface area contributed by atoms with E-state index in [2.05, 4.69) is 63.6 Å². The highest BCUT2D eigenvalue weighted by Gasteiger charge is 2.23. The molecule has 7 nitrogen and oxygen atoms in total. The van der Waals surface area contributed by atoms with Crippen LogP contribution in [0.2, 0.25) is 0 Å². The number of anilines is 1. The van der Waals surface area contributed by atoms with Gasteiger partial charge in [0.25, 0.3) is 0 Å². The van der Waals surface area contributed by atoms with E-state index in [4.69, 9.17) is 15.7 Å². The van der Waals surface area contributed by atoms with E-state index in [9.17, 15) is 4.79 Å². The van der Waals surface area contributed by atoms with Crippen LogP contribution in [-0.4, -0.2) is 57.9 Å². The van der Waals surface area contributed by atoms with Crippen molar-refractivity contribution in [2.75, 3.05) is 31.5 Å². The summed E-state index contributed by atoms with van der Waals surface area (Å²) in [6.45, 7) is 9.48. The largest absolute Gasteiger partial charge is 0.368 e. The molecule has 38 heavy (non-hydrogen) atoms. The van der Waals surface area contributed by atoms with E-state index in [-0.39, 0.29) is 11.8 Å². The molecule has 0 unspecified atom stereocenters. The fourth-order valence-corrected chi connectivity index (χ4v) is 5.02. The van der Waals surface area contributed by atoms with Crippen LogP contribution in [0.25, 0.3) is 22.0 Å². The van der Waals surface area contributed by atoms with Crippen molar-refractivity contribution in [1.82, 2.24) is 19.8 Å². The number of para-hydroxylation sites is 1. The van der Waals surface area contributed by atoms with Crippen LogP contribution in [0.5, 0.6) is 0 Å². The molecule has 1 aliphatic heterocycles. The molecular weight excluding hydrogens is 472 g/mol. The van der Waals surface area contributed by atoms with E-state index in [0.717, 1.165) is 49.5 Å². The van der Waals surface area contributed by atoms with Crippen molar-refractivity contribution < 1.29 is 4.79 Å². The number of hydrogen-bond donors (Lipinski definition) is 2. The summed E-state index contributed by atoms with van der Waals surface area (Å²) in [5.74, 6) is 1.09. The van der Waals surface area contributed by atoms with Gasteiger partial charge in [0, 0.05) is 38.1 Å². The van der Waals surface area contributed by atoms with E-state index in [1.165, 1.54) is 16.7 Å². The lowest BCUT2D eigenvalue weighted by Crippen LogP contribution is -2.45. The van der Waals surface area contributed by atoms with Crippen LogP contribution >= 0.6 is 0 Å². The number of nitrogens with two attached hydrogens (primary N) is 1. The lowest BCUT2D eigenvalue weighted by Gasteiger charge is -2.34. The molecule has 0 aliphatic carbocycles. The van der Waals surface area contributed by atoms with Gasteiger partial charge in [0.15, 0.2) is 0 Å². The molecular formula is C31H36N6O. The van der Waals surface area contributed by atoms with Crippen LogP contribution in [0.3, 0.4) is 0 Å². The zero-order chi connectivity index (χ0) is 26.5. The highest BCUT2D eigenvalue weighted by molar-refractivity contribution is 5.91. The molecule has 1 saturated heterocycles. The molecule has 0 saturated carbocycles. The highest BCUT2D eigenvalue weighted by Crippen LogP contribution is 2.24. The Hall–Kier alpha value is -3.81. The maximum atomic E-state index is 12.0. The molecule has 2 heterocycles. The van der Waals surface area contributed by atoms with Gasteiger partial charge in [0.2, 0.25) is 5.91 Å². The Bertz CT molecular complexity index is 1360. The van der Waals surface area contributed by atoms with Crippen molar-refractivity contribution in [3.05, 3.63) is 90.3 Å². The van der Waals surface area contributed by atoms with Gasteiger partial charge in [0.05, 0.1) is 12.1 Å². The van der Waals surface area contributed by atoms with E-state index in [1.807, 2.05) is 44.2 Å². The minimum atomic E-state index is -0.494. The van der Waals surface area contributed by atoms with Crippen molar-refractivity contribution in [1.29, 1.82) is 0 Å². The molecule has 1 aromatic heterocycles. The Balaban J connectivity index is 1.21. The second-order valence-electron chi connectivity index (χ2n) is 10.4. The third-order valence-electron chi connectivity index (χ3n) is 7.21. The summed E-state index contributed by atoms with van der Waals surface area (Å²) in [6.07, 6.45) is 0. The van der Waals surface area contributed by atoms with Gasteiger partial charge in [0.1, 0.15) is 17.7 Å². The molecule has 1 amide bonds. The van der Waals surface area contributed by atoms with E-state index in [1.54, 1.807) is 0 Å². The van der Waals surface area contributed by atoms with Crippen LogP contribution < -0.4 is 11.1 Å². The Kier molecular flexibility index (Phi) is 7.96. The van der Waals surface area contributed by atoms with Crippen LogP contribution in [0.1, 0.15) is 25.2 Å². The van der Waals surface area contributed by atoms with Crippen molar-refractivity contribution in [2.45, 2.75) is 33.0 Å². The molecule has 5 rings (SSSR count). The normalized spacial score (nSPS) is 15.6. The number of nitrogens with zero attached hydrogens (tertiary/aromatic N) is 4. The summed E-state index contributed by atoms with van der Waals surface area (Å²) in [5, 5.41) is 4.19. The standard InChI is InChI=1S/C31H36N6O/c1-22(2)29(30(32)38)35-31-26-10-6-7-11-27(26)33-28(34-31)21-37-18-16-36(17-19-37)20-23-12-14-25(15-13-23)24-8-4-3-5-9-24/h3-15,22,29H,16-21H2,1-2H3,(H2,32,38)(H,33,34,35)/t29-/m0/s1. The summed E-state index contributed by atoms with van der Waals surface area (Å²) < 4.78 is 0. The molecule has 1 aliphatic rings. The first-order valence-corrected chi connectivity index (χ1v) is 13.4. The van der Waals surface area contributed by atoms with Crippen molar-refractivity contribution in [2.24, 2.45) is 11.7 Å². The van der Waals surface area contributed by atoms with Crippen molar-refractivity contribution in [3.8, 4) is 11.1 Å². The number of amides is 1. The second-order valence-corrected chi connectivity index (χ2v) is 10.4. The predicted molar refractivity (Wildman–Crippen MR) is 153 cm³/mol. The monoisotopic (exact) mass is 508 g/mol. The quantitative estimate of drug-likeness (QED) is 0.345. The number of hydrogen-bond acceptors (Lipinski definition) is 6. The zero-order valence-corrected chi connectivity index (χ0v) is 22.2. The first kappa shape index (κ1) is 25.8. The van der Waals surface area contributed by atoms with Crippen LogP contribution in [0, 0.1) is 5.92 Å². The number of carbonyl (C=O) groups is 1. The number of fused-ring (bicyclic) bond motifs is 1. The lowest BCUT2D eigenvalue weighted by atomic mass is 10.0. The van der Waals surface area contributed by atoms with Gasteiger partial charge in [-0.05, 0) is 34.7 Å². The molecule has 3 aromatic carbocycles. The summed E-state index contributed by atoms with van der Waals surface area (Å²) in [7, 11) is 0. The summed E-state index contributed by atoms with van der Waals surface area (Å²) in [6, 6.07) is 26.8. The Morgan fingerprint density at radius 3 is 2.08 bits per heavy atom. The third-order valence-corrected chi connectivity index (χ3v) is 7.21. The minimum Gasteiger partial charge on any atom is -0.368 e. The molecule has 0 spiro atoms.